The molecule has 1 aromatic rings. The van der Waals surface area contributed by atoms with Crippen LogP contribution < -0.4 is 10.6 Å². The van der Waals surface area contributed by atoms with Gasteiger partial charge in [0.15, 0.2) is 0 Å². The molecule has 94 valence electrons. The molecular formula is C12H19N3O2. The molecule has 0 aliphatic carbocycles. The second-order valence-corrected chi connectivity index (χ2v) is 3.78. The van der Waals surface area contributed by atoms with Gasteiger partial charge < -0.3 is 15.4 Å². The van der Waals surface area contributed by atoms with Crippen LogP contribution in [0.15, 0.2) is 18.5 Å². The molecule has 1 aromatic heterocycles. The topological polar surface area (TPSA) is 63.2 Å². The summed E-state index contributed by atoms with van der Waals surface area (Å²) in [7, 11) is 1.61. The number of anilines is 1. The van der Waals surface area contributed by atoms with Crippen molar-refractivity contribution >= 4 is 11.6 Å². The first-order valence-corrected chi connectivity index (χ1v) is 5.66. The molecule has 17 heavy (non-hydrogen) atoms. The molecule has 0 fully saturated rings. The van der Waals surface area contributed by atoms with Gasteiger partial charge in [0, 0.05) is 25.9 Å². The van der Waals surface area contributed by atoms with Gasteiger partial charge in [0.2, 0.25) is 0 Å². The quantitative estimate of drug-likeness (QED) is 0.782. The molecule has 5 nitrogen and oxygen atoms in total. The molecule has 1 rings (SSSR count). The van der Waals surface area contributed by atoms with E-state index in [0.29, 0.717) is 12.2 Å². The Balaban J connectivity index is 2.74. The Morgan fingerprint density at radius 1 is 1.59 bits per heavy atom. The van der Waals surface area contributed by atoms with E-state index in [1.165, 1.54) is 0 Å². The lowest BCUT2D eigenvalue weighted by molar-refractivity contribution is 0.0906. The highest BCUT2D eigenvalue weighted by atomic mass is 16.5. The number of methoxy groups -OCH3 is 1. The van der Waals surface area contributed by atoms with E-state index in [2.05, 4.69) is 15.6 Å². The normalized spacial score (nSPS) is 11.9. The van der Waals surface area contributed by atoms with E-state index in [0.717, 1.165) is 12.2 Å². The van der Waals surface area contributed by atoms with Crippen LogP contribution in [0.1, 0.15) is 24.2 Å². The number of carbonyl (C=O) groups is 1. The van der Waals surface area contributed by atoms with Gasteiger partial charge in [0.25, 0.3) is 5.91 Å². The highest BCUT2D eigenvalue weighted by Crippen LogP contribution is 2.12. The third-order valence-electron chi connectivity index (χ3n) is 2.23. The van der Waals surface area contributed by atoms with Crippen molar-refractivity contribution in [2.75, 3.05) is 25.6 Å². The number of pyridine rings is 1. The first kappa shape index (κ1) is 13.4. The minimum absolute atomic E-state index is 0.0184. The molecule has 0 bridgehead atoms. The lowest BCUT2D eigenvalue weighted by Gasteiger charge is -2.14. The van der Waals surface area contributed by atoms with Crippen molar-refractivity contribution in [1.82, 2.24) is 10.3 Å². The summed E-state index contributed by atoms with van der Waals surface area (Å²) in [6, 6.07) is 1.68. The number of carbonyl (C=O) groups excluding carboxylic acids is 1. The maximum atomic E-state index is 12.0. The van der Waals surface area contributed by atoms with Crippen molar-refractivity contribution in [3.8, 4) is 0 Å². The number of amides is 1. The van der Waals surface area contributed by atoms with Crippen LogP contribution in [0.4, 0.5) is 5.69 Å². The number of nitrogens with zero attached hydrogens (tertiary/aromatic N) is 1. The SMILES string of the molecule is CCNc1cnccc1C(=O)NC(C)COC. The van der Waals surface area contributed by atoms with Crippen molar-refractivity contribution in [3.63, 3.8) is 0 Å². The fraction of sp³-hybridized carbons (Fsp3) is 0.500. The molecule has 2 N–H and O–H groups in total. The van der Waals surface area contributed by atoms with Crippen LogP contribution in [0.2, 0.25) is 0 Å². The highest BCUT2D eigenvalue weighted by Gasteiger charge is 2.13. The Hall–Kier alpha value is -1.62. The van der Waals surface area contributed by atoms with Gasteiger partial charge in [-0.3, -0.25) is 9.78 Å². The maximum absolute atomic E-state index is 12.0. The standard InChI is InChI=1S/C12H19N3O2/c1-4-14-11-7-13-6-5-10(11)12(16)15-9(2)8-17-3/h5-7,9,14H,4,8H2,1-3H3,(H,15,16). The molecule has 0 saturated carbocycles. The van der Waals surface area contributed by atoms with Crippen LogP contribution in [0.25, 0.3) is 0 Å². The molecule has 0 spiro atoms. The average molecular weight is 237 g/mol. The van der Waals surface area contributed by atoms with Crippen LogP contribution >= 0.6 is 0 Å². The molecule has 1 unspecified atom stereocenters. The van der Waals surface area contributed by atoms with Gasteiger partial charge in [-0.05, 0) is 19.9 Å². The number of nitrogens with one attached hydrogen (secondary N) is 2. The molecule has 1 atom stereocenters. The molecule has 5 heteroatoms. The molecule has 0 aromatic carbocycles. The Morgan fingerprint density at radius 3 is 3.00 bits per heavy atom. The van der Waals surface area contributed by atoms with Crippen LogP contribution in [-0.2, 0) is 4.74 Å². The second-order valence-electron chi connectivity index (χ2n) is 3.78. The summed E-state index contributed by atoms with van der Waals surface area (Å²) in [5, 5.41) is 5.97. The summed E-state index contributed by atoms with van der Waals surface area (Å²) in [6.45, 7) is 5.12. The van der Waals surface area contributed by atoms with E-state index in [1.807, 2.05) is 13.8 Å². The van der Waals surface area contributed by atoms with E-state index in [9.17, 15) is 4.79 Å². The predicted octanol–water partition coefficient (Wildman–Crippen LogP) is 1.28. The monoisotopic (exact) mass is 237 g/mol. The summed E-state index contributed by atoms with van der Waals surface area (Å²) >= 11 is 0. The molecule has 1 amide bonds. The van der Waals surface area contributed by atoms with Gasteiger partial charge in [-0.15, -0.1) is 0 Å². The summed E-state index contributed by atoms with van der Waals surface area (Å²) in [5.41, 5.74) is 1.35. The second kappa shape index (κ2) is 6.85. The maximum Gasteiger partial charge on any atom is 0.253 e. The third kappa shape index (κ3) is 4.03. The van der Waals surface area contributed by atoms with Crippen molar-refractivity contribution in [2.24, 2.45) is 0 Å². The van der Waals surface area contributed by atoms with E-state index >= 15 is 0 Å². The van der Waals surface area contributed by atoms with Crippen LogP contribution in [0.3, 0.4) is 0 Å². The Morgan fingerprint density at radius 2 is 2.35 bits per heavy atom. The fourth-order valence-electron chi connectivity index (χ4n) is 1.52. The lowest BCUT2D eigenvalue weighted by atomic mass is 10.2. The van der Waals surface area contributed by atoms with Crippen LogP contribution in [0, 0.1) is 0 Å². The highest BCUT2D eigenvalue weighted by molar-refractivity contribution is 5.99. The molecule has 0 aliphatic heterocycles. The van der Waals surface area contributed by atoms with Gasteiger partial charge in [-0.25, -0.2) is 0 Å². The smallest absolute Gasteiger partial charge is 0.253 e. The third-order valence-corrected chi connectivity index (χ3v) is 2.23. The summed E-state index contributed by atoms with van der Waals surface area (Å²) < 4.78 is 4.98. The molecule has 0 radical (unpaired) electrons. The van der Waals surface area contributed by atoms with Crippen molar-refractivity contribution < 1.29 is 9.53 Å². The van der Waals surface area contributed by atoms with Crippen molar-refractivity contribution in [1.29, 1.82) is 0 Å². The number of hydrogen-bond acceptors (Lipinski definition) is 4. The van der Waals surface area contributed by atoms with Gasteiger partial charge in [0.05, 0.1) is 24.1 Å². The van der Waals surface area contributed by atoms with Gasteiger partial charge in [-0.2, -0.15) is 0 Å². The first-order valence-electron chi connectivity index (χ1n) is 5.66. The number of ether oxygens (including phenoxy) is 1. The summed E-state index contributed by atoms with van der Waals surface area (Å²) in [4.78, 5) is 16.0. The van der Waals surface area contributed by atoms with E-state index < -0.39 is 0 Å². The Bertz CT molecular complexity index is 369. The fourth-order valence-corrected chi connectivity index (χ4v) is 1.52. The molecule has 0 saturated heterocycles. The van der Waals surface area contributed by atoms with Gasteiger partial charge in [0.1, 0.15) is 0 Å². The zero-order valence-corrected chi connectivity index (χ0v) is 10.5. The Kier molecular flexibility index (Phi) is 5.42. The van der Waals surface area contributed by atoms with E-state index in [1.54, 1.807) is 25.6 Å². The first-order chi connectivity index (χ1) is 8.19. The zero-order chi connectivity index (χ0) is 12.7. The van der Waals surface area contributed by atoms with Gasteiger partial charge >= 0.3 is 0 Å². The Labute approximate surface area is 102 Å². The molecular weight excluding hydrogens is 218 g/mol. The minimum Gasteiger partial charge on any atom is -0.383 e. The van der Waals surface area contributed by atoms with E-state index in [4.69, 9.17) is 4.74 Å². The average Bonchev–Trinajstić information content (AvgIpc) is 2.30. The zero-order valence-electron chi connectivity index (χ0n) is 10.5. The van der Waals surface area contributed by atoms with E-state index in [-0.39, 0.29) is 11.9 Å². The minimum atomic E-state index is -0.118. The molecule has 1 heterocycles. The largest absolute Gasteiger partial charge is 0.383 e. The number of hydrogen-bond donors (Lipinski definition) is 2. The van der Waals surface area contributed by atoms with Crippen molar-refractivity contribution in [3.05, 3.63) is 24.0 Å². The summed E-state index contributed by atoms with van der Waals surface area (Å²) in [5.74, 6) is -0.118. The number of aromatic nitrogens is 1. The summed E-state index contributed by atoms with van der Waals surface area (Å²) in [6.07, 6.45) is 3.26. The van der Waals surface area contributed by atoms with Crippen LogP contribution in [-0.4, -0.2) is 37.2 Å². The van der Waals surface area contributed by atoms with Crippen LogP contribution in [0.5, 0.6) is 0 Å². The number of rotatable bonds is 6. The molecule has 0 aliphatic rings. The predicted molar refractivity (Wildman–Crippen MR) is 67.2 cm³/mol. The van der Waals surface area contributed by atoms with Gasteiger partial charge in [-0.1, -0.05) is 0 Å². The van der Waals surface area contributed by atoms with Crippen molar-refractivity contribution in [2.45, 2.75) is 19.9 Å². The lowest BCUT2D eigenvalue weighted by Crippen LogP contribution is -2.36.